The third-order valence-corrected chi connectivity index (χ3v) is 4.00. The average Bonchev–Trinajstić information content (AvgIpc) is 2.37. The number of carboxylic acid groups (broad SMARTS) is 1. The van der Waals surface area contributed by atoms with Crippen molar-refractivity contribution in [1.29, 1.82) is 0 Å². The van der Waals surface area contributed by atoms with Crippen LogP contribution in [0.2, 0.25) is 0 Å². The first-order valence-corrected chi connectivity index (χ1v) is 7.24. The van der Waals surface area contributed by atoms with Gasteiger partial charge in [-0.1, -0.05) is 6.92 Å². The Hall–Kier alpha value is -1.30. The number of urea groups is 1. The summed E-state index contributed by atoms with van der Waals surface area (Å²) >= 11 is 0. The van der Waals surface area contributed by atoms with Gasteiger partial charge in [0.05, 0.1) is 5.41 Å². The van der Waals surface area contributed by atoms with Crippen LogP contribution in [0.25, 0.3) is 0 Å². The largest absolute Gasteiger partial charge is 0.481 e. The fourth-order valence-electron chi connectivity index (χ4n) is 2.81. The molecule has 20 heavy (non-hydrogen) atoms. The Kier molecular flexibility index (Phi) is 5.80. The standard InChI is InChI=1S/C14H27N3O3/c1-5-14(12(18)19)7-6-8-17(10-14)13(20)15-11(2)9-16(3)4/h11H,5-10H2,1-4H3,(H,15,20)(H,18,19). The number of amides is 2. The number of likely N-dealkylation sites (tertiary alicyclic amines) is 1. The van der Waals surface area contributed by atoms with Gasteiger partial charge in [-0.2, -0.15) is 0 Å². The van der Waals surface area contributed by atoms with E-state index in [1.54, 1.807) is 4.90 Å². The van der Waals surface area contributed by atoms with E-state index in [0.29, 0.717) is 25.9 Å². The smallest absolute Gasteiger partial charge is 0.317 e. The molecule has 6 nitrogen and oxygen atoms in total. The summed E-state index contributed by atoms with van der Waals surface area (Å²) in [6.07, 6.45) is 1.95. The maximum atomic E-state index is 12.2. The Morgan fingerprint density at radius 1 is 1.45 bits per heavy atom. The zero-order valence-electron chi connectivity index (χ0n) is 13.0. The second kappa shape index (κ2) is 6.92. The van der Waals surface area contributed by atoms with Crippen molar-refractivity contribution in [2.24, 2.45) is 5.41 Å². The molecule has 0 aromatic heterocycles. The Labute approximate surface area is 121 Å². The van der Waals surface area contributed by atoms with E-state index in [-0.39, 0.29) is 12.1 Å². The van der Waals surface area contributed by atoms with E-state index < -0.39 is 11.4 Å². The Morgan fingerprint density at radius 2 is 2.10 bits per heavy atom. The normalized spacial score (nSPS) is 24.6. The molecule has 6 heteroatoms. The summed E-state index contributed by atoms with van der Waals surface area (Å²) in [7, 11) is 3.91. The van der Waals surface area contributed by atoms with Crippen LogP contribution >= 0.6 is 0 Å². The van der Waals surface area contributed by atoms with Crippen molar-refractivity contribution < 1.29 is 14.7 Å². The lowest BCUT2D eigenvalue weighted by Crippen LogP contribution is -2.54. The lowest BCUT2D eigenvalue weighted by atomic mass is 9.78. The zero-order chi connectivity index (χ0) is 15.3. The number of carbonyl (C=O) groups excluding carboxylic acids is 1. The first-order valence-electron chi connectivity index (χ1n) is 7.24. The average molecular weight is 285 g/mol. The SMILES string of the molecule is CCC1(C(=O)O)CCCN(C(=O)NC(C)CN(C)C)C1. The number of hydrogen-bond donors (Lipinski definition) is 2. The van der Waals surface area contributed by atoms with E-state index in [9.17, 15) is 14.7 Å². The van der Waals surface area contributed by atoms with Crippen molar-refractivity contribution in [3.63, 3.8) is 0 Å². The first kappa shape index (κ1) is 16.8. The van der Waals surface area contributed by atoms with E-state index in [1.165, 1.54) is 0 Å². The molecule has 2 amide bonds. The molecule has 0 radical (unpaired) electrons. The van der Waals surface area contributed by atoms with Crippen molar-refractivity contribution in [2.75, 3.05) is 33.7 Å². The van der Waals surface area contributed by atoms with Gasteiger partial charge in [0.15, 0.2) is 0 Å². The molecular weight excluding hydrogens is 258 g/mol. The highest BCUT2D eigenvalue weighted by atomic mass is 16.4. The minimum Gasteiger partial charge on any atom is -0.481 e. The molecule has 116 valence electrons. The Bertz CT molecular complexity index is 360. The molecule has 0 aromatic rings. The van der Waals surface area contributed by atoms with E-state index >= 15 is 0 Å². The molecule has 1 heterocycles. The van der Waals surface area contributed by atoms with Gasteiger partial charge in [-0.05, 0) is 40.3 Å². The zero-order valence-corrected chi connectivity index (χ0v) is 13.0. The first-order chi connectivity index (χ1) is 9.30. The fraction of sp³-hybridized carbons (Fsp3) is 0.857. The van der Waals surface area contributed by atoms with Gasteiger partial charge in [0.2, 0.25) is 0 Å². The van der Waals surface area contributed by atoms with Gasteiger partial charge >= 0.3 is 12.0 Å². The monoisotopic (exact) mass is 285 g/mol. The second-order valence-electron chi connectivity index (χ2n) is 6.08. The van der Waals surface area contributed by atoms with Crippen molar-refractivity contribution >= 4 is 12.0 Å². The van der Waals surface area contributed by atoms with Crippen molar-refractivity contribution in [3.8, 4) is 0 Å². The van der Waals surface area contributed by atoms with E-state index in [4.69, 9.17) is 0 Å². The molecule has 0 aliphatic carbocycles. The van der Waals surface area contributed by atoms with Gasteiger partial charge in [0.1, 0.15) is 0 Å². The molecule has 2 atom stereocenters. The highest BCUT2D eigenvalue weighted by Crippen LogP contribution is 2.33. The number of hydrogen-bond acceptors (Lipinski definition) is 3. The van der Waals surface area contributed by atoms with Crippen LogP contribution in [0.15, 0.2) is 0 Å². The lowest BCUT2D eigenvalue weighted by Gasteiger charge is -2.39. The van der Waals surface area contributed by atoms with E-state index in [1.807, 2.05) is 32.8 Å². The molecular formula is C14H27N3O3. The summed E-state index contributed by atoms with van der Waals surface area (Å²) in [5, 5.41) is 12.4. The molecule has 1 aliphatic rings. The van der Waals surface area contributed by atoms with Crippen LogP contribution in [-0.2, 0) is 4.79 Å². The summed E-state index contributed by atoms with van der Waals surface area (Å²) < 4.78 is 0. The van der Waals surface area contributed by atoms with Crippen LogP contribution in [-0.4, -0.2) is 66.7 Å². The van der Waals surface area contributed by atoms with Crippen LogP contribution in [0.5, 0.6) is 0 Å². The quantitative estimate of drug-likeness (QED) is 0.796. The van der Waals surface area contributed by atoms with Crippen molar-refractivity contribution in [3.05, 3.63) is 0 Å². The molecule has 1 aliphatic heterocycles. The predicted molar refractivity (Wildman–Crippen MR) is 77.7 cm³/mol. The van der Waals surface area contributed by atoms with Crippen molar-refractivity contribution in [1.82, 2.24) is 15.1 Å². The third kappa shape index (κ3) is 4.10. The molecule has 1 saturated heterocycles. The summed E-state index contributed by atoms with van der Waals surface area (Å²) in [6.45, 7) is 5.53. The van der Waals surface area contributed by atoms with Gasteiger partial charge in [0.25, 0.3) is 0 Å². The van der Waals surface area contributed by atoms with Crippen LogP contribution < -0.4 is 5.32 Å². The number of likely N-dealkylation sites (N-methyl/N-ethyl adjacent to an activating group) is 1. The molecule has 0 aromatic carbocycles. The van der Waals surface area contributed by atoms with Crippen LogP contribution in [0.4, 0.5) is 4.79 Å². The molecule has 1 rings (SSSR count). The highest BCUT2D eigenvalue weighted by Gasteiger charge is 2.42. The number of piperidine rings is 1. The molecule has 0 saturated carbocycles. The second-order valence-corrected chi connectivity index (χ2v) is 6.08. The maximum absolute atomic E-state index is 12.2. The summed E-state index contributed by atoms with van der Waals surface area (Å²) in [4.78, 5) is 27.4. The topological polar surface area (TPSA) is 72.9 Å². The van der Waals surface area contributed by atoms with Crippen molar-refractivity contribution in [2.45, 2.75) is 39.2 Å². The minimum atomic E-state index is -0.793. The van der Waals surface area contributed by atoms with Gasteiger partial charge in [0, 0.05) is 25.7 Å². The number of carboxylic acids is 1. The van der Waals surface area contributed by atoms with Gasteiger partial charge in [-0.3, -0.25) is 4.79 Å². The predicted octanol–water partition coefficient (Wildman–Crippen LogP) is 1.22. The highest BCUT2D eigenvalue weighted by molar-refractivity contribution is 5.78. The number of rotatable bonds is 5. The number of nitrogens with one attached hydrogen (secondary N) is 1. The van der Waals surface area contributed by atoms with Gasteiger partial charge in [-0.15, -0.1) is 0 Å². The van der Waals surface area contributed by atoms with E-state index in [0.717, 1.165) is 13.0 Å². The number of nitrogens with zero attached hydrogens (tertiary/aromatic N) is 2. The van der Waals surface area contributed by atoms with Gasteiger partial charge < -0.3 is 20.2 Å². The Morgan fingerprint density at radius 3 is 2.60 bits per heavy atom. The maximum Gasteiger partial charge on any atom is 0.317 e. The minimum absolute atomic E-state index is 0.0419. The lowest BCUT2D eigenvalue weighted by molar-refractivity contribution is -0.152. The van der Waals surface area contributed by atoms with Gasteiger partial charge in [-0.25, -0.2) is 4.79 Å². The molecule has 0 bridgehead atoms. The van der Waals surface area contributed by atoms with Crippen LogP contribution in [0.3, 0.4) is 0 Å². The van der Waals surface area contributed by atoms with E-state index in [2.05, 4.69) is 5.32 Å². The third-order valence-electron chi connectivity index (χ3n) is 4.00. The van der Waals surface area contributed by atoms with Crippen LogP contribution in [0.1, 0.15) is 33.1 Å². The summed E-state index contributed by atoms with van der Waals surface area (Å²) in [5.41, 5.74) is -0.777. The molecule has 2 unspecified atom stereocenters. The van der Waals surface area contributed by atoms with Crippen LogP contribution in [0, 0.1) is 5.41 Å². The Balaban J connectivity index is 2.62. The summed E-state index contributed by atoms with van der Waals surface area (Å²) in [5.74, 6) is -0.793. The molecule has 0 spiro atoms. The summed E-state index contributed by atoms with van der Waals surface area (Å²) in [6, 6.07) is -0.113. The number of carbonyl (C=O) groups is 2. The fourth-order valence-corrected chi connectivity index (χ4v) is 2.81. The number of aliphatic carboxylic acids is 1. The molecule has 2 N–H and O–H groups in total. The molecule has 1 fully saturated rings.